The Balaban J connectivity index is 1.43. The molecule has 1 saturated carbocycles. The molecule has 5 rings (SSSR count). The minimum absolute atomic E-state index is 0.00342. The molecule has 148 valence electrons. The van der Waals surface area contributed by atoms with Crippen molar-refractivity contribution in [2.75, 3.05) is 0 Å². The lowest BCUT2D eigenvalue weighted by Gasteiger charge is -2.29. The SMILES string of the molecule is C[C@H]1CCCC[C@H]1NC(=O)c1ccc2c(c1)sc1nc(-c3ccc(F)cc3)cn12. The Labute approximate surface area is 172 Å². The summed E-state index contributed by atoms with van der Waals surface area (Å²) in [5.74, 6) is 0.281. The summed E-state index contributed by atoms with van der Waals surface area (Å²) < 4.78 is 16.2. The number of hydrogen-bond donors (Lipinski definition) is 1. The van der Waals surface area contributed by atoms with E-state index in [2.05, 4.69) is 17.2 Å². The van der Waals surface area contributed by atoms with Crippen molar-refractivity contribution in [3.63, 3.8) is 0 Å². The summed E-state index contributed by atoms with van der Waals surface area (Å²) >= 11 is 1.56. The quantitative estimate of drug-likeness (QED) is 0.476. The molecule has 1 aliphatic rings. The maximum absolute atomic E-state index is 13.2. The van der Waals surface area contributed by atoms with Crippen LogP contribution < -0.4 is 5.32 Å². The smallest absolute Gasteiger partial charge is 0.251 e. The van der Waals surface area contributed by atoms with Crippen LogP contribution in [-0.2, 0) is 0 Å². The van der Waals surface area contributed by atoms with Crippen LogP contribution in [0.15, 0.2) is 48.7 Å². The molecule has 0 saturated heterocycles. The highest BCUT2D eigenvalue weighted by atomic mass is 32.1. The zero-order valence-corrected chi connectivity index (χ0v) is 17.0. The number of nitrogens with one attached hydrogen (secondary N) is 1. The highest BCUT2D eigenvalue weighted by molar-refractivity contribution is 7.23. The zero-order chi connectivity index (χ0) is 20.0. The predicted octanol–water partition coefficient (Wildman–Crippen LogP) is 5.66. The lowest BCUT2D eigenvalue weighted by atomic mass is 9.86. The van der Waals surface area contributed by atoms with Gasteiger partial charge in [0.25, 0.3) is 5.91 Å². The Morgan fingerprint density at radius 1 is 1.17 bits per heavy atom. The first kappa shape index (κ1) is 18.3. The van der Waals surface area contributed by atoms with Crippen LogP contribution in [0.1, 0.15) is 43.0 Å². The summed E-state index contributed by atoms with van der Waals surface area (Å²) in [6, 6.07) is 12.4. The summed E-state index contributed by atoms with van der Waals surface area (Å²) in [5, 5.41) is 3.22. The maximum Gasteiger partial charge on any atom is 0.251 e. The van der Waals surface area contributed by atoms with Gasteiger partial charge in [0.1, 0.15) is 5.82 Å². The number of amides is 1. The van der Waals surface area contributed by atoms with E-state index in [4.69, 9.17) is 0 Å². The maximum atomic E-state index is 13.2. The highest BCUT2D eigenvalue weighted by Crippen LogP contribution is 2.30. The number of thiazole rings is 1. The Kier molecular flexibility index (Phi) is 4.59. The summed E-state index contributed by atoms with van der Waals surface area (Å²) in [7, 11) is 0. The van der Waals surface area contributed by atoms with Crippen molar-refractivity contribution in [1.82, 2.24) is 14.7 Å². The van der Waals surface area contributed by atoms with Gasteiger partial charge in [-0.1, -0.05) is 31.1 Å². The van der Waals surface area contributed by atoms with Crippen LogP contribution in [0.2, 0.25) is 0 Å². The van der Waals surface area contributed by atoms with Crippen molar-refractivity contribution in [3.8, 4) is 11.3 Å². The molecule has 2 atom stereocenters. The average molecular weight is 408 g/mol. The summed E-state index contributed by atoms with van der Waals surface area (Å²) in [6.07, 6.45) is 6.66. The molecule has 1 fully saturated rings. The first-order valence-electron chi connectivity index (χ1n) is 10.1. The lowest BCUT2D eigenvalue weighted by molar-refractivity contribution is 0.0910. The third-order valence-corrected chi connectivity index (χ3v) is 6.94. The summed E-state index contributed by atoms with van der Waals surface area (Å²) in [4.78, 5) is 18.3. The molecule has 4 nitrogen and oxygen atoms in total. The summed E-state index contributed by atoms with van der Waals surface area (Å²) in [5.41, 5.74) is 3.41. The lowest BCUT2D eigenvalue weighted by Crippen LogP contribution is -2.41. The molecule has 0 radical (unpaired) electrons. The first-order valence-corrected chi connectivity index (χ1v) is 10.9. The molecule has 0 aliphatic heterocycles. The molecule has 6 heteroatoms. The number of aromatic nitrogens is 2. The Morgan fingerprint density at radius 3 is 2.76 bits per heavy atom. The van der Waals surface area contributed by atoms with Crippen molar-refractivity contribution in [2.24, 2.45) is 5.92 Å². The molecule has 4 aromatic rings. The molecule has 0 spiro atoms. The van der Waals surface area contributed by atoms with Gasteiger partial charge < -0.3 is 5.32 Å². The molecule has 0 unspecified atom stereocenters. The van der Waals surface area contributed by atoms with Gasteiger partial charge in [-0.2, -0.15) is 0 Å². The molecular weight excluding hydrogens is 385 g/mol. The number of nitrogens with zero attached hydrogens (tertiary/aromatic N) is 2. The minimum atomic E-state index is -0.256. The average Bonchev–Trinajstić information content (AvgIpc) is 3.27. The van der Waals surface area contributed by atoms with E-state index in [1.807, 2.05) is 28.8 Å². The van der Waals surface area contributed by atoms with E-state index in [1.165, 1.54) is 31.4 Å². The van der Waals surface area contributed by atoms with E-state index in [0.29, 0.717) is 11.5 Å². The third kappa shape index (κ3) is 3.42. The fraction of sp³-hybridized carbons (Fsp3) is 0.304. The summed E-state index contributed by atoms with van der Waals surface area (Å²) in [6.45, 7) is 2.22. The second-order valence-electron chi connectivity index (χ2n) is 7.91. The molecule has 1 N–H and O–H groups in total. The molecule has 2 aromatic carbocycles. The van der Waals surface area contributed by atoms with Gasteiger partial charge in [-0.3, -0.25) is 9.20 Å². The Hall–Kier alpha value is -2.73. The first-order chi connectivity index (χ1) is 14.1. The van der Waals surface area contributed by atoms with Crippen molar-refractivity contribution in [2.45, 2.75) is 38.6 Å². The van der Waals surface area contributed by atoms with Gasteiger partial charge in [-0.15, -0.1) is 0 Å². The largest absolute Gasteiger partial charge is 0.349 e. The van der Waals surface area contributed by atoms with Crippen LogP contribution in [0.4, 0.5) is 4.39 Å². The standard InChI is InChI=1S/C23H22FN3OS/c1-14-4-2-3-5-18(14)25-22(28)16-8-11-20-21(12-16)29-23-26-19(13-27(20)23)15-6-9-17(24)10-7-15/h6-14,18H,2-5H2,1H3,(H,25,28)/t14-,18+/m0/s1. The molecule has 1 aliphatic carbocycles. The normalized spacial score (nSPS) is 19.7. The topological polar surface area (TPSA) is 46.4 Å². The number of fused-ring (bicyclic) bond motifs is 3. The van der Waals surface area contributed by atoms with Crippen LogP contribution in [-0.4, -0.2) is 21.3 Å². The van der Waals surface area contributed by atoms with Crippen LogP contribution in [0.3, 0.4) is 0 Å². The minimum Gasteiger partial charge on any atom is -0.349 e. The van der Waals surface area contributed by atoms with Gasteiger partial charge in [0.15, 0.2) is 4.96 Å². The van der Waals surface area contributed by atoms with Crippen LogP contribution in [0, 0.1) is 11.7 Å². The Morgan fingerprint density at radius 2 is 1.97 bits per heavy atom. The van der Waals surface area contributed by atoms with Gasteiger partial charge >= 0.3 is 0 Å². The highest BCUT2D eigenvalue weighted by Gasteiger charge is 2.23. The number of imidazole rings is 1. The molecule has 29 heavy (non-hydrogen) atoms. The van der Waals surface area contributed by atoms with E-state index in [-0.39, 0.29) is 17.8 Å². The van der Waals surface area contributed by atoms with Crippen molar-refractivity contribution < 1.29 is 9.18 Å². The second-order valence-corrected chi connectivity index (χ2v) is 8.92. The van der Waals surface area contributed by atoms with Gasteiger partial charge in [0, 0.05) is 23.4 Å². The van der Waals surface area contributed by atoms with E-state index < -0.39 is 0 Å². The Bertz CT molecular complexity index is 1190. The second kappa shape index (κ2) is 7.26. The van der Waals surface area contributed by atoms with Crippen molar-refractivity contribution in [3.05, 3.63) is 60.0 Å². The number of halogens is 1. The molecule has 2 heterocycles. The molecular formula is C23H22FN3OS. The van der Waals surface area contributed by atoms with E-state index in [0.717, 1.165) is 32.9 Å². The predicted molar refractivity (Wildman–Crippen MR) is 115 cm³/mol. The van der Waals surface area contributed by atoms with Crippen LogP contribution >= 0.6 is 11.3 Å². The van der Waals surface area contributed by atoms with E-state index >= 15 is 0 Å². The van der Waals surface area contributed by atoms with Gasteiger partial charge in [0.2, 0.25) is 0 Å². The fourth-order valence-electron chi connectivity index (χ4n) is 4.18. The van der Waals surface area contributed by atoms with Crippen LogP contribution in [0.25, 0.3) is 26.4 Å². The number of carbonyl (C=O) groups excluding carboxylic acids is 1. The third-order valence-electron chi connectivity index (χ3n) is 5.92. The number of hydrogen-bond acceptors (Lipinski definition) is 3. The van der Waals surface area contributed by atoms with E-state index in [9.17, 15) is 9.18 Å². The molecule has 0 bridgehead atoms. The van der Waals surface area contributed by atoms with Gasteiger partial charge in [0.05, 0.1) is 15.9 Å². The van der Waals surface area contributed by atoms with Crippen molar-refractivity contribution in [1.29, 1.82) is 0 Å². The number of rotatable bonds is 3. The van der Waals surface area contributed by atoms with E-state index in [1.54, 1.807) is 23.5 Å². The van der Waals surface area contributed by atoms with Crippen LogP contribution in [0.5, 0.6) is 0 Å². The number of carbonyl (C=O) groups is 1. The number of benzene rings is 2. The van der Waals surface area contributed by atoms with Crippen molar-refractivity contribution >= 4 is 32.4 Å². The fourth-order valence-corrected chi connectivity index (χ4v) is 5.23. The molecule has 1 amide bonds. The molecule has 2 aromatic heterocycles. The monoisotopic (exact) mass is 407 g/mol. The van der Waals surface area contributed by atoms with Gasteiger partial charge in [-0.25, -0.2) is 9.37 Å². The zero-order valence-electron chi connectivity index (χ0n) is 16.2. The van der Waals surface area contributed by atoms with Gasteiger partial charge in [-0.05, 0) is 61.2 Å².